The molecule has 0 aliphatic heterocycles. The molecule has 0 spiro atoms. The molecular formula is C18H15FN2O4. The van der Waals surface area contributed by atoms with Crippen LogP contribution in [0.2, 0.25) is 0 Å². The fourth-order valence-electron chi connectivity index (χ4n) is 2.52. The number of H-pyrrole nitrogens is 1. The molecule has 3 aromatic rings. The molecular weight excluding hydrogens is 327 g/mol. The van der Waals surface area contributed by atoms with Crippen LogP contribution in [0.5, 0.6) is 5.75 Å². The van der Waals surface area contributed by atoms with Crippen LogP contribution < -0.4 is 10.7 Å². The number of phenols is 1. The zero-order valence-electron chi connectivity index (χ0n) is 13.3. The minimum atomic E-state index is -0.691. The standard InChI is InChI=1S/C18H15FN2O4/c1-2-25-18(24)21-15-8-11(22)4-6-12(15)16-9-17(23)13-5-3-10(19)7-14(13)20-16/h3-9,22H,2H2,1H3,(H,20,23)(H,21,24). The Morgan fingerprint density at radius 2 is 2.04 bits per heavy atom. The zero-order valence-corrected chi connectivity index (χ0v) is 13.3. The van der Waals surface area contributed by atoms with Gasteiger partial charge in [-0.05, 0) is 37.3 Å². The number of aromatic nitrogens is 1. The predicted octanol–water partition coefficient (Wildman–Crippen LogP) is 3.61. The van der Waals surface area contributed by atoms with Crippen molar-refractivity contribution in [2.24, 2.45) is 0 Å². The number of hydrogen-bond donors (Lipinski definition) is 3. The molecule has 7 heteroatoms. The summed E-state index contributed by atoms with van der Waals surface area (Å²) in [7, 11) is 0. The lowest BCUT2D eigenvalue weighted by molar-refractivity contribution is 0.168. The van der Waals surface area contributed by atoms with E-state index in [1.807, 2.05) is 0 Å². The molecule has 0 aliphatic carbocycles. The SMILES string of the molecule is CCOC(=O)Nc1cc(O)ccc1-c1cc(=O)c2ccc(F)cc2[nH]1. The maximum atomic E-state index is 13.5. The van der Waals surface area contributed by atoms with E-state index in [-0.39, 0.29) is 23.5 Å². The average molecular weight is 342 g/mol. The van der Waals surface area contributed by atoms with E-state index in [4.69, 9.17) is 4.74 Å². The monoisotopic (exact) mass is 342 g/mol. The van der Waals surface area contributed by atoms with Crippen LogP contribution in [0.1, 0.15) is 6.92 Å². The number of carbonyl (C=O) groups excluding carboxylic acids is 1. The van der Waals surface area contributed by atoms with Crippen molar-refractivity contribution >= 4 is 22.7 Å². The van der Waals surface area contributed by atoms with Gasteiger partial charge in [0.15, 0.2) is 5.43 Å². The molecule has 0 aliphatic rings. The number of carbonyl (C=O) groups is 1. The Labute approximate surface area is 141 Å². The molecule has 1 heterocycles. The Morgan fingerprint density at radius 1 is 1.24 bits per heavy atom. The highest BCUT2D eigenvalue weighted by molar-refractivity contribution is 5.92. The molecule has 128 valence electrons. The Kier molecular flexibility index (Phi) is 4.38. The van der Waals surface area contributed by atoms with Crippen molar-refractivity contribution < 1.29 is 19.0 Å². The number of aromatic amines is 1. The molecule has 0 atom stereocenters. The van der Waals surface area contributed by atoms with E-state index in [0.717, 1.165) is 0 Å². The summed E-state index contributed by atoms with van der Waals surface area (Å²) in [6, 6.07) is 9.48. The summed E-state index contributed by atoms with van der Waals surface area (Å²) in [5, 5.41) is 12.5. The lowest BCUT2D eigenvalue weighted by Gasteiger charge is -2.12. The number of benzene rings is 2. The molecule has 1 amide bonds. The van der Waals surface area contributed by atoms with Gasteiger partial charge in [0.2, 0.25) is 0 Å². The Balaban J connectivity index is 2.14. The highest BCUT2D eigenvalue weighted by atomic mass is 19.1. The van der Waals surface area contributed by atoms with Crippen molar-refractivity contribution in [3.63, 3.8) is 0 Å². The Morgan fingerprint density at radius 3 is 2.80 bits per heavy atom. The molecule has 2 aromatic carbocycles. The van der Waals surface area contributed by atoms with E-state index in [0.29, 0.717) is 22.2 Å². The molecule has 0 saturated heterocycles. The van der Waals surface area contributed by atoms with E-state index in [1.54, 1.807) is 6.92 Å². The second kappa shape index (κ2) is 6.64. The minimum Gasteiger partial charge on any atom is -0.508 e. The minimum absolute atomic E-state index is 0.0651. The Bertz CT molecular complexity index is 1010. The van der Waals surface area contributed by atoms with Gasteiger partial charge in [-0.2, -0.15) is 0 Å². The van der Waals surface area contributed by atoms with Crippen LogP contribution >= 0.6 is 0 Å². The van der Waals surface area contributed by atoms with Gasteiger partial charge >= 0.3 is 6.09 Å². The lowest BCUT2D eigenvalue weighted by Crippen LogP contribution is -2.14. The first-order chi connectivity index (χ1) is 12.0. The van der Waals surface area contributed by atoms with Crippen molar-refractivity contribution in [1.82, 2.24) is 4.98 Å². The van der Waals surface area contributed by atoms with Gasteiger partial charge in [0.1, 0.15) is 11.6 Å². The second-order valence-electron chi connectivity index (χ2n) is 5.31. The summed E-state index contributed by atoms with van der Waals surface area (Å²) < 4.78 is 18.3. The van der Waals surface area contributed by atoms with Gasteiger partial charge in [0.05, 0.1) is 23.5 Å². The topological polar surface area (TPSA) is 91.4 Å². The molecule has 0 saturated carbocycles. The van der Waals surface area contributed by atoms with Gasteiger partial charge in [0, 0.05) is 23.1 Å². The van der Waals surface area contributed by atoms with Crippen molar-refractivity contribution in [1.29, 1.82) is 0 Å². The smallest absolute Gasteiger partial charge is 0.411 e. The quantitative estimate of drug-likeness (QED) is 0.678. The number of nitrogens with one attached hydrogen (secondary N) is 2. The van der Waals surface area contributed by atoms with Crippen molar-refractivity contribution in [2.75, 3.05) is 11.9 Å². The third kappa shape index (κ3) is 3.45. The summed E-state index contributed by atoms with van der Waals surface area (Å²) >= 11 is 0. The summed E-state index contributed by atoms with van der Waals surface area (Å²) in [5.74, 6) is -0.541. The number of hydrogen-bond acceptors (Lipinski definition) is 4. The third-order valence-corrected chi connectivity index (χ3v) is 3.60. The van der Waals surface area contributed by atoms with Crippen molar-refractivity contribution in [3.05, 3.63) is 58.5 Å². The zero-order chi connectivity index (χ0) is 18.0. The van der Waals surface area contributed by atoms with Crippen LogP contribution in [0.15, 0.2) is 47.3 Å². The third-order valence-electron chi connectivity index (χ3n) is 3.60. The largest absolute Gasteiger partial charge is 0.508 e. The highest BCUT2D eigenvalue weighted by Crippen LogP contribution is 2.30. The van der Waals surface area contributed by atoms with Gasteiger partial charge in [-0.3, -0.25) is 10.1 Å². The first-order valence-electron chi connectivity index (χ1n) is 7.57. The summed E-state index contributed by atoms with van der Waals surface area (Å²) in [5.41, 5.74) is 1.12. The number of anilines is 1. The molecule has 3 N–H and O–H groups in total. The number of fused-ring (bicyclic) bond motifs is 1. The van der Waals surface area contributed by atoms with Crippen LogP contribution in [0, 0.1) is 5.82 Å². The maximum Gasteiger partial charge on any atom is 0.411 e. The summed E-state index contributed by atoms with van der Waals surface area (Å²) in [6.45, 7) is 1.85. The number of ether oxygens (including phenoxy) is 1. The number of halogens is 1. The number of rotatable bonds is 3. The lowest BCUT2D eigenvalue weighted by atomic mass is 10.1. The second-order valence-corrected chi connectivity index (χ2v) is 5.31. The number of pyridine rings is 1. The fraction of sp³-hybridized carbons (Fsp3) is 0.111. The molecule has 25 heavy (non-hydrogen) atoms. The highest BCUT2D eigenvalue weighted by Gasteiger charge is 2.13. The fourth-order valence-corrected chi connectivity index (χ4v) is 2.52. The average Bonchev–Trinajstić information content (AvgIpc) is 2.54. The van der Waals surface area contributed by atoms with E-state index in [2.05, 4.69) is 10.3 Å². The van der Waals surface area contributed by atoms with Crippen molar-refractivity contribution in [2.45, 2.75) is 6.92 Å². The van der Waals surface area contributed by atoms with Gasteiger partial charge in [-0.25, -0.2) is 9.18 Å². The normalized spacial score (nSPS) is 10.6. The van der Waals surface area contributed by atoms with E-state index < -0.39 is 11.9 Å². The predicted molar refractivity (Wildman–Crippen MR) is 92.3 cm³/mol. The summed E-state index contributed by atoms with van der Waals surface area (Å²) in [6.07, 6.45) is -0.691. The Hall–Kier alpha value is -3.35. The van der Waals surface area contributed by atoms with E-state index in [9.17, 15) is 19.1 Å². The van der Waals surface area contributed by atoms with Crippen LogP contribution in [0.25, 0.3) is 22.2 Å². The first kappa shape index (κ1) is 16.5. The van der Waals surface area contributed by atoms with E-state index in [1.165, 1.54) is 42.5 Å². The molecule has 0 unspecified atom stereocenters. The van der Waals surface area contributed by atoms with Gasteiger partial charge in [-0.1, -0.05) is 0 Å². The van der Waals surface area contributed by atoms with Gasteiger partial charge in [-0.15, -0.1) is 0 Å². The molecule has 3 rings (SSSR count). The number of aromatic hydroxyl groups is 1. The summed E-state index contributed by atoms with van der Waals surface area (Å²) in [4.78, 5) is 27.0. The van der Waals surface area contributed by atoms with Gasteiger partial charge in [0.25, 0.3) is 0 Å². The van der Waals surface area contributed by atoms with Crippen LogP contribution in [-0.2, 0) is 4.74 Å². The molecule has 0 fully saturated rings. The van der Waals surface area contributed by atoms with Gasteiger partial charge < -0.3 is 14.8 Å². The van der Waals surface area contributed by atoms with Crippen molar-refractivity contribution in [3.8, 4) is 17.0 Å². The molecule has 1 aromatic heterocycles. The van der Waals surface area contributed by atoms with Crippen LogP contribution in [0.3, 0.4) is 0 Å². The molecule has 0 radical (unpaired) electrons. The molecule has 6 nitrogen and oxygen atoms in total. The van der Waals surface area contributed by atoms with Crippen LogP contribution in [-0.4, -0.2) is 22.8 Å². The first-order valence-corrected chi connectivity index (χ1v) is 7.57. The maximum absolute atomic E-state index is 13.5. The van der Waals surface area contributed by atoms with Crippen LogP contribution in [0.4, 0.5) is 14.9 Å². The number of amides is 1. The molecule has 0 bridgehead atoms. The number of phenolic OH excluding ortho intramolecular Hbond substituents is 1. The van der Waals surface area contributed by atoms with E-state index >= 15 is 0 Å².